The molecule has 2 aliphatic rings. The smallest absolute Gasteiger partial charge is 0.264 e. The fraction of sp³-hybridized carbons (Fsp3) is 0.321. The molecule has 3 aromatic carbocycles. The van der Waals surface area contributed by atoms with E-state index in [-0.39, 0.29) is 17.3 Å². The first-order chi connectivity index (χ1) is 17.9. The number of nitrogens with one attached hydrogen (secondary N) is 1. The number of methoxy groups -OCH3 is 1. The summed E-state index contributed by atoms with van der Waals surface area (Å²) in [4.78, 5) is 15.7. The Hall–Kier alpha value is -3.56. The fourth-order valence-electron chi connectivity index (χ4n) is 4.78. The van der Waals surface area contributed by atoms with Crippen LogP contribution in [0, 0.1) is 0 Å². The van der Waals surface area contributed by atoms with E-state index in [9.17, 15) is 13.2 Å². The van der Waals surface area contributed by atoms with Crippen LogP contribution >= 0.6 is 0 Å². The van der Waals surface area contributed by atoms with Gasteiger partial charge in [0.1, 0.15) is 11.5 Å². The van der Waals surface area contributed by atoms with Gasteiger partial charge in [0.15, 0.2) is 6.10 Å². The van der Waals surface area contributed by atoms with Gasteiger partial charge in [-0.15, -0.1) is 0 Å². The van der Waals surface area contributed by atoms with Gasteiger partial charge in [0, 0.05) is 13.1 Å². The van der Waals surface area contributed by atoms with Gasteiger partial charge in [-0.25, -0.2) is 8.42 Å². The summed E-state index contributed by atoms with van der Waals surface area (Å²) in [7, 11) is -2.42. The van der Waals surface area contributed by atoms with Crippen LogP contribution in [-0.2, 0) is 27.9 Å². The molecule has 0 saturated carbocycles. The Balaban J connectivity index is 1.30. The van der Waals surface area contributed by atoms with Gasteiger partial charge in [-0.3, -0.25) is 14.0 Å². The Labute approximate surface area is 217 Å². The number of likely N-dealkylation sites (tertiary alicyclic amines) is 1. The molecule has 194 valence electrons. The number of nitrogens with zero attached hydrogens (tertiary/aromatic N) is 2. The first kappa shape index (κ1) is 25.1. The van der Waals surface area contributed by atoms with E-state index >= 15 is 0 Å². The molecule has 0 radical (unpaired) electrons. The molecule has 3 aromatic rings. The second-order valence-electron chi connectivity index (χ2n) is 9.31. The van der Waals surface area contributed by atoms with Crippen LogP contribution < -0.4 is 19.1 Å². The fourth-order valence-corrected chi connectivity index (χ4v) is 6.26. The monoisotopic (exact) mass is 521 g/mol. The lowest BCUT2D eigenvalue weighted by molar-refractivity contribution is -0.127. The normalized spacial score (nSPS) is 17.6. The van der Waals surface area contributed by atoms with Gasteiger partial charge >= 0.3 is 0 Å². The Morgan fingerprint density at radius 1 is 1.00 bits per heavy atom. The summed E-state index contributed by atoms with van der Waals surface area (Å²) in [6.07, 6.45) is 1.49. The predicted octanol–water partition coefficient (Wildman–Crippen LogP) is 3.56. The summed E-state index contributed by atoms with van der Waals surface area (Å²) in [6.45, 7) is 3.35. The Morgan fingerprint density at radius 2 is 1.73 bits per heavy atom. The van der Waals surface area contributed by atoms with Crippen molar-refractivity contribution in [2.75, 3.05) is 31.0 Å². The minimum Gasteiger partial charge on any atom is -0.497 e. The molecule has 1 unspecified atom stereocenters. The third-order valence-corrected chi connectivity index (χ3v) is 8.53. The Bertz CT molecular complexity index is 1350. The number of para-hydroxylation sites is 2. The number of ether oxygens (including phenoxy) is 2. The zero-order valence-corrected chi connectivity index (χ0v) is 21.6. The average molecular weight is 522 g/mol. The van der Waals surface area contributed by atoms with E-state index in [4.69, 9.17) is 9.47 Å². The van der Waals surface area contributed by atoms with E-state index < -0.39 is 16.1 Å². The van der Waals surface area contributed by atoms with Gasteiger partial charge in [0.05, 0.1) is 24.2 Å². The van der Waals surface area contributed by atoms with Crippen LogP contribution in [0.1, 0.15) is 24.0 Å². The van der Waals surface area contributed by atoms with Crippen molar-refractivity contribution in [2.24, 2.45) is 0 Å². The third-order valence-electron chi connectivity index (χ3n) is 6.74. The molecular formula is C28H31N3O5S. The van der Waals surface area contributed by atoms with Gasteiger partial charge in [0.25, 0.3) is 15.9 Å². The maximum absolute atomic E-state index is 13.6. The molecule has 0 aromatic heterocycles. The highest BCUT2D eigenvalue weighted by molar-refractivity contribution is 7.92. The summed E-state index contributed by atoms with van der Waals surface area (Å²) >= 11 is 0. The summed E-state index contributed by atoms with van der Waals surface area (Å²) in [5, 5.41) is 2.93. The largest absolute Gasteiger partial charge is 0.497 e. The van der Waals surface area contributed by atoms with Crippen LogP contribution in [0.2, 0.25) is 0 Å². The number of hydrogen-bond donors (Lipinski definition) is 1. The van der Waals surface area contributed by atoms with Crippen LogP contribution in [0.3, 0.4) is 0 Å². The van der Waals surface area contributed by atoms with Crippen LogP contribution in [0.25, 0.3) is 0 Å². The molecule has 0 spiro atoms. The van der Waals surface area contributed by atoms with Crippen molar-refractivity contribution >= 4 is 21.6 Å². The average Bonchev–Trinajstić information content (AvgIpc) is 3.44. The lowest BCUT2D eigenvalue weighted by Crippen LogP contribution is -2.50. The summed E-state index contributed by atoms with van der Waals surface area (Å²) < 4.78 is 39.5. The number of carbonyl (C=O) groups excluding carboxylic acids is 1. The van der Waals surface area contributed by atoms with Gasteiger partial charge in [-0.1, -0.05) is 36.4 Å². The van der Waals surface area contributed by atoms with Gasteiger partial charge in [-0.05, 0) is 73.5 Å². The van der Waals surface area contributed by atoms with Crippen molar-refractivity contribution in [2.45, 2.75) is 36.9 Å². The standard InChI is InChI=1S/C28H31N3O5S/c1-35-23-11-13-24(14-12-23)37(33,34)31-20-27(36-26-10-3-2-9-25(26)31)28(32)29-18-21-7-6-8-22(17-21)19-30-15-4-5-16-30/h2-3,6-14,17,27H,4-5,15-16,18-20H2,1H3,(H,29,32). The van der Waals surface area contributed by atoms with Gasteiger partial charge in [-0.2, -0.15) is 0 Å². The van der Waals surface area contributed by atoms with E-state index in [1.165, 1.54) is 42.0 Å². The van der Waals surface area contributed by atoms with Gasteiger partial charge in [0.2, 0.25) is 0 Å². The maximum Gasteiger partial charge on any atom is 0.264 e. The van der Waals surface area contributed by atoms with E-state index in [1.54, 1.807) is 36.4 Å². The van der Waals surface area contributed by atoms with E-state index in [0.29, 0.717) is 23.7 Å². The van der Waals surface area contributed by atoms with E-state index in [1.807, 2.05) is 12.1 Å². The number of anilines is 1. The van der Waals surface area contributed by atoms with E-state index in [0.717, 1.165) is 25.2 Å². The zero-order chi connectivity index (χ0) is 25.8. The quantitative estimate of drug-likeness (QED) is 0.488. The third kappa shape index (κ3) is 5.57. The highest BCUT2D eigenvalue weighted by Crippen LogP contribution is 2.37. The van der Waals surface area contributed by atoms with Crippen LogP contribution in [0.4, 0.5) is 5.69 Å². The SMILES string of the molecule is COc1ccc(S(=O)(=O)N2CC(C(=O)NCc3cccc(CN4CCCC4)c3)Oc3ccccc32)cc1. The zero-order valence-electron chi connectivity index (χ0n) is 20.8. The van der Waals surface area contributed by atoms with Crippen LogP contribution in [0.15, 0.2) is 77.7 Å². The highest BCUT2D eigenvalue weighted by atomic mass is 32.2. The van der Waals surface area contributed by atoms with Crippen LogP contribution in [-0.4, -0.2) is 52.1 Å². The molecule has 37 heavy (non-hydrogen) atoms. The topological polar surface area (TPSA) is 88.2 Å². The molecule has 1 atom stereocenters. The first-order valence-electron chi connectivity index (χ1n) is 12.4. The number of sulfonamides is 1. The number of rotatable bonds is 8. The summed E-state index contributed by atoms with van der Waals surface area (Å²) in [5.41, 5.74) is 2.61. The van der Waals surface area contributed by atoms with Crippen molar-refractivity contribution < 1.29 is 22.7 Å². The molecule has 2 aliphatic heterocycles. The van der Waals surface area contributed by atoms with Crippen molar-refractivity contribution in [3.8, 4) is 11.5 Å². The number of fused-ring (bicyclic) bond motifs is 1. The van der Waals surface area contributed by atoms with Gasteiger partial charge < -0.3 is 14.8 Å². The molecule has 1 saturated heterocycles. The molecule has 2 heterocycles. The number of benzene rings is 3. The summed E-state index contributed by atoms with van der Waals surface area (Å²) in [6, 6.07) is 21.2. The molecule has 0 aliphatic carbocycles. The van der Waals surface area contributed by atoms with Crippen molar-refractivity contribution in [1.82, 2.24) is 10.2 Å². The van der Waals surface area contributed by atoms with E-state index in [2.05, 4.69) is 22.3 Å². The van der Waals surface area contributed by atoms with Crippen molar-refractivity contribution in [3.63, 3.8) is 0 Å². The highest BCUT2D eigenvalue weighted by Gasteiger charge is 2.37. The van der Waals surface area contributed by atoms with Crippen LogP contribution in [0.5, 0.6) is 11.5 Å². The second-order valence-corrected chi connectivity index (χ2v) is 11.2. The molecule has 8 nitrogen and oxygen atoms in total. The second kappa shape index (κ2) is 10.8. The maximum atomic E-state index is 13.6. The minimum atomic E-state index is -3.94. The number of carbonyl (C=O) groups is 1. The lowest BCUT2D eigenvalue weighted by atomic mass is 10.1. The first-order valence-corrected chi connectivity index (χ1v) is 13.9. The van der Waals surface area contributed by atoms with Crippen molar-refractivity contribution in [1.29, 1.82) is 0 Å². The molecule has 0 bridgehead atoms. The summed E-state index contributed by atoms with van der Waals surface area (Å²) in [5.74, 6) is 0.538. The number of hydrogen-bond acceptors (Lipinski definition) is 6. The Morgan fingerprint density at radius 3 is 2.49 bits per heavy atom. The molecule has 5 rings (SSSR count). The molecule has 1 N–H and O–H groups in total. The number of amides is 1. The van der Waals surface area contributed by atoms with Crippen molar-refractivity contribution in [3.05, 3.63) is 83.9 Å². The predicted molar refractivity (Wildman–Crippen MR) is 141 cm³/mol. The molecule has 1 fully saturated rings. The molecule has 1 amide bonds. The Kier molecular flexibility index (Phi) is 7.34. The molecule has 9 heteroatoms. The molecular weight excluding hydrogens is 490 g/mol. The lowest BCUT2D eigenvalue weighted by Gasteiger charge is -2.34. The minimum absolute atomic E-state index is 0.110.